The lowest BCUT2D eigenvalue weighted by Crippen LogP contribution is -2.16. The van der Waals surface area contributed by atoms with Crippen LogP contribution in [0.5, 0.6) is 0 Å². The lowest BCUT2D eigenvalue weighted by atomic mass is 10.2. The van der Waals surface area contributed by atoms with E-state index in [4.69, 9.17) is 0 Å². The van der Waals surface area contributed by atoms with Crippen LogP contribution in [0.3, 0.4) is 0 Å². The minimum Gasteiger partial charge on any atom is -0.391 e. The van der Waals surface area contributed by atoms with Gasteiger partial charge in [0.15, 0.2) is 0 Å². The second-order valence-corrected chi connectivity index (χ2v) is 4.18. The molecule has 1 N–H and O–H groups in total. The summed E-state index contributed by atoms with van der Waals surface area (Å²) in [4.78, 5) is 1.70. The molecular formula is C13H16FN3O. The largest absolute Gasteiger partial charge is 0.391 e. The molecule has 96 valence electrons. The van der Waals surface area contributed by atoms with Crippen LogP contribution in [0.2, 0.25) is 0 Å². The van der Waals surface area contributed by atoms with Crippen molar-refractivity contribution in [3.05, 3.63) is 41.3 Å². The van der Waals surface area contributed by atoms with Gasteiger partial charge in [0.25, 0.3) is 0 Å². The normalized spacial score (nSPS) is 10.7. The number of aliphatic hydroxyl groups is 1. The summed E-state index contributed by atoms with van der Waals surface area (Å²) >= 11 is 0. The molecule has 0 unspecified atom stereocenters. The minimum atomic E-state index is -0.303. The van der Waals surface area contributed by atoms with Crippen molar-refractivity contribution in [2.24, 2.45) is 7.05 Å². The number of aromatic nitrogens is 2. The zero-order valence-corrected chi connectivity index (χ0v) is 10.7. The van der Waals surface area contributed by atoms with Crippen molar-refractivity contribution in [1.82, 2.24) is 9.78 Å². The van der Waals surface area contributed by atoms with E-state index in [9.17, 15) is 9.50 Å². The number of benzene rings is 1. The number of rotatable bonds is 3. The number of hydrogen-bond acceptors (Lipinski definition) is 3. The van der Waals surface area contributed by atoms with Crippen molar-refractivity contribution in [3.63, 3.8) is 0 Å². The summed E-state index contributed by atoms with van der Waals surface area (Å²) in [5, 5.41) is 13.7. The molecule has 0 aliphatic heterocycles. The predicted molar refractivity (Wildman–Crippen MR) is 68.3 cm³/mol. The van der Waals surface area contributed by atoms with Crippen LogP contribution in [-0.2, 0) is 13.7 Å². The topological polar surface area (TPSA) is 41.3 Å². The third kappa shape index (κ3) is 1.97. The van der Waals surface area contributed by atoms with Gasteiger partial charge in [-0.1, -0.05) is 12.1 Å². The van der Waals surface area contributed by atoms with Gasteiger partial charge < -0.3 is 10.0 Å². The molecule has 0 aliphatic carbocycles. The van der Waals surface area contributed by atoms with Gasteiger partial charge in [0, 0.05) is 19.7 Å². The summed E-state index contributed by atoms with van der Waals surface area (Å²) in [7, 11) is 3.53. The third-order valence-corrected chi connectivity index (χ3v) is 3.00. The number of nitrogens with zero attached hydrogens (tertiary/aromatic N) is 3. The van der Waals surface area contributed by atoms with E-state index in [0.29, 0.717) is 17.1 Å². The molecule has 0 aliphatic rings. The van der Waals surface area contributed by atoms with E-state index in [2.05, 4.69) is 5.10 Å². The maximum absolute atomic E-state index is 13.8. The summed E-state index contributed by atoms with van der Waals surface area (Å²) in [6, 6.07) is 6.53. The van der Waals surface area contributed by atoms with Crippen LogP contribution in [-0.4, -0.2) is 21.9 Å². The molecule has 1 heterocycles. The molecule has 0 spiro atoms. The zero-order valence-electron chi connectivity index (χ0n) is 10.7. The molecular weight excluding hydrogens is 233 g/mol. The van der Waals surface area contributed by atoms with E-state index >= 15 is 0 Å². The minimum absolute atomic E-state index is 0.117. The molecule has 0 bridgehead atoms. The van der Waals surface area contributed by atoms with Gasteiger partial charge in [-0.25, -0.2) is 4.39 Å². The number of para-hydroxylation sites is 1. The average Bonchev–Trinajstić information content (AvgIpc) is 2.63. The zero-order chi connectivity index (χ0) is 13.3. The highest BCUT2D eigenvalue weighted by Gasteiger charge is 2.18. The highest BCUT2D eigenvalue weighted by Crippen LogP contribution is 2.30. The monoisotopic (exact) mass is 249 g/mol. The van der Waals surface area contributed by atoms with Crippen LogP contribution in [0.25, 0.3) is 0 Å². The molecule has 18 heavy (non-hydrogen) atoms. The second-order valence-electron chi connectivity index (χ2n) is 4.18. The third-order valence-electron chi connectivity index (χ3n) is 3.00. The van der Waals surface area contributed by atoms with Gasteiger partial charge in [0.1, 0.15) is 11.6 Å². The Morgan fingerprint density at radius 2 is 2.06 bits per heavy atom. The van der Waals surface area contributed by atoms with Gasteiger partial charge in [0.05, 0.1) is 18.0 Å². The van der Waals surface area contributed by atoms with Crippen molar-refractivity contribution >= 4 is 11.5 Å². The summed E-state index contributed by atoms with van der Waals surface area (Å²) in [6.45, 7) is 1.71. The van der Waals surface area contributed by atoms with Crippen molar-refractivity contribution in [1.29, 1.82) is 0 Å². The number of aryl methyl sites for hydroxylation is 2. The Morgan fingerprint density at radius 1 is 1.39 bits per heavy atom. The fourth-order valence-corrected chi connectivity index (χ4v) is 2.13. The fraction of sp³-hybridized carbons (Fsp3) is 0.308. The Hall–Kier alpha value is -1.88. The molecule has 5 heteroatoms. The van der Waals surface area contributed by atoms with Crippen LogP contribution in [0.1, 0.15) is 11.3 Å². The lowest BCUT2D eigenvalue weighted by molar-refractivity contribution is 0.281. The smallest absolute Gasteiger partial charge is 0.146 e. The number of halogens is 1. The first-order chi connectivity index (χ1) is 8.56. The van der Waals surface area contributed by atoms with Crippen molar-refractivity contribution in [3.8, 4) is 0 Å². The molecule has 0 atom stereocenters. The summed E-state index contributed by atoms with van der Waals surface area (Å²) in [5.41, 5.74) is 1.91. The van der Waals surface area contributed by atoms with Gasteiger partial charge in [-0.15, -0.1) is 0 Å². The molecule has 0 amide bonds. The summed E-state index contributed by atoms with van der Waals surface area (Å²) in [6.07, 6.45) is 0. The molecule has 2 aromatic rings. The first kappa shape index (κ1) is 12.6. The molecule has 1 aromatic heterocycles. The van der Waals surface area contributed by atoms with E-state index in [1.165, 1.54) is 6.07 Å². The average molecular weight is 249 g/mol. The highest BCUT2D eigenvalue weighted by molar-refractivity contribution is 5.63. The number of hydrogen-bond donors (Lipinski definition) is 1. The molecule has 0 saturated carbocycles. The van der Waals surface area contributed by atoms with Gasteiger partial charge >= 0.3 is 0 Å². The fourth-order valence-electron chi connectivity index (χ4n) is 2.13. The van der Waals surface area contributed by atoms with Gasteiger partial charge in [-0.2, -0.15) is 5.10 Å². The summed E-state index contributed by atoms with van der Waals surface area (Å²) < 4.78 is 15.4. The number of anilines is 2. The Labute approximate surface area is 105 Å². The van der Waals surface area contributed by atoms with Gasteiger partial charge in [-0.05, 0) is 19.1 Å². The Bertz CT molecular complexity index is 565. The first-order valence-corrected chi connectivity index (χ1v) is 5.67. The standard InChI is InChI=1S/C13H16FN3O/c1-9-10(8-18)13(17(3)15-9)16(2)12-7-5-4-6-11(12)14/h4-7,18H,8H2,1-3H3. The van der Waals surface area contributed by atoms with Gasteiger partial charge in [0.2, 0.25) is 0 Å². The molecule has 4 nitrogen and oxygen atoms in total. The SMILES string of the molecule is Cc1nn(C)c(N(C)c2ccccc2F)c1CO. The molecule has 1 aromatic carbocycles. The lowest BCUT2D eigenvalue weighted by Gasteiger charge is -2.21. The van der Waals surface area contributed by atoms with Crippen LogP contribution in [0.4, 0.5) is 15.9 Å². The van der Waals surface area contributed by atoms with Crippen molar-refractivity contribution < 1.29 is 9.50 Å². The van der Waals surface area contributed by atoms with Crippen molar-refractivity contribution in [2.45, 2.75) is 13.5 Å². The molecule has 2 rings (SSSR count). The van der Waals surface area contributed by atoms with Crippen LogP contribution >= 0.6 is 0 Å². The van der Waals surface area contributed by atoms with Crippen LogP contribution < -0.4 is 4.90 Å². The Kier molecular flexibility index (Phi) is 3.34. The van der Waals surface area contributed by atoms with E-state index in [1.54, 1.807) is 41.9 Å². The van der Waals surface area contributed by atoms with Crippen LogP contribution in [0, 0.1) is 12.7 Å². The Morgan fingerprint density at radius 3 is 2.67 bits per heavy atom. The predicted octanol–water partition coefficient (Wildman–Crippen LogP) is 2.13. The molecule has 0 radical (unpaired) electrons. The Balaban J connectivity index is 2.53. The first-order valence-electron chi connectivity index (χ1n) is 5.67. The molecule has 0 saturated heterocycles. The quantitative estimate of drug-likeness (QED) is 0.906. The van der Waals surface area contributed by atoms with Gasteiger partial charge in [-0.3, -0.25) is 4.68 Å². The molecule has 0 fully saturated rings. The van der Waals surface area contributed by atoms with E-state index in [0.717, 1.165) is 5.69 Å². The highest BCUT2D eigenvalue weighted by atomic mass is 19.1. The second kappa shape index (κ2) is 4.78. The van der Waals surface area contributed by atoms with Crippen LogP contribution in [0.15, 0.2) is 24.3 Å². The van der Waals surface area contributed by atoms with E-state index in [1.807, 2.05) is 6.92 Å². The summed E-state index contributed by atoms with van der Waals surface area (Å²) in [5.74, 6) is 0.392. The van der Waals surface area contributed by atoms with E-state index in [-0.39, 0.29) is 12.4 Å². The van der Waals surface area contributed by atoms with Crippen molar-refractivity contribution in [2.75, 3.05) is 11.9 Å². The van der Waals surface area contributed by atoms with E-state index < -0.39 is 0 Å². The number of aliphatic hydroxyl groups excluding tert-OH is 1. The maximum Gasteiger partial charge on any atom is 0.146 e. The maximum atomic E-state index is 13.8.